The molecule has 20 heavy (non-hydrogen) atoms. The van der Waals surface area contributed by atoms with Crippen molar-refractivity contribution >= 4 is 32.8 Å². The van der Waals surface area contributed by atoms with E-state index < -0.39 is 0 Å². The van der Waals surface area contributed by atoms with E-state index >= 15 is 0 Å². The second-order valence-corrected chi connectivity index (χ2v) is 6.70. The first-order valence-corrected chi connectivity index (χ1v) is 7.83. The van der Waals surface area contributed by atoms with Crippen LogP contribution < -0.4 is 5.32 Å². The van der Waals surface area contributed by atoms with Gasteiger partial charge in [-0.1, -0.05) is 22.9 Å². The zero-order chi connectivity index (χ0) is 14.3. The topological polar surface area (TPSA) is 42.2 Å². The molecular weight excluding hydrogens is 318 g/mol. The van der Waals surface area contributed by atoms with Gasteiger partial charge in [-0.25, -0.2) is 0 Å². The fourth-order valence-electron chi connectivity index (χ4n) is 3.00. The van der Waals surface area contributed by atoms with E-state index in [2.05, 4.69) is 28.2 Å². The number of furan rings is 1. The number of aryl methyl sites for hydroxylation is 1. The fraction of sp³-hybridized carbons (Fsp3) is 0.438. The molecule has 1 N–H and O–H groups in total. The van der Waals surface area contributed by atoms with E-state index in [-0.39, 0.29) is 11.9 Å². The summed E-state index contributed by atoms with van der Waals surface area (Å²) in [5, 5.41) is 4.09. The van der Waals surface area contributed by atoms with E-state index in [4.69, 9.17) is 4.42 Å². The summed E-state index contributed by atoms with van der Waals surface area (Å²) in [6.07, 6.45) is 3.32. The van der Waals surface area contributed by atoms with Gasteiger partial charge in [0.2, 0.25) is 0 Å². The summed E-state index contributed by atoms with van der Waals surface area (Å²) >= 11 is 3.45. The van der Waals surface area contributed by atoms with Crippen molar-refractivity contribution in [2.75, 3.05) is 0 Å². The molecule has 1 saturated carbocycles. The minimum Gasteiger partial charge on any atom is -0.451 e. The van der Waals surface area contributed by atoms with Gasteiger partial charge in [0, 0.05) is 21.5 Å². The van der Waals surface area contributed by atoms with Gasteiger partial charge in [-0.2, -0.15) is 0 Å². The molecule has 0 spiro atoms. The van der Waals surface area contributed by atoms with Gasteiger partial charge < -0.3 is 9.73 Å². The summed E-state index contributed by atoms with van der Waals surface area (Å²) in [7, 11) is 0. The third kappa shape index (κ3) is 2.49. The largest absolute Gasteiger partial charge is 0.451 e. The predicted octanol–water partition coefficient (Wildman–Crippen LogP) is 4.42. The van der Waals surface area contributed by atoms with Crippen LogP contribution in [0.1, 0.15) is 42.3 Å². The van der Waals surface area contributed by atoms with E-state index in [1.807, 2.05) is 25.1 Å². The van der Waals surface area contributed by atoms with Crippen molar-refractivity contribution in [1.29, 1.82) is 0 Å². The van der Waals surface area contributed by atoms with E-state index in [0.717, 1.165) is 33.8 Å². The van der Waals surface area contributed by atoms with E-state index in [1.54, 1.807) is 0 Å². The van der Waals surface area contributed by atoms with E-state index in [0.29, 0.717) is 11.7 Å². The molecule has 2 unspecified atom stereocenters. The Balaban J connectivity index is 1.86. The number of rotatable bonds is 2. The maximum absolute atomic E-state index is 12.4. The van der Waals surface area contributed by atoms with Gasteiger partial charge in [0.15, 0.2) is 5.76 Å². The van der Waals surface area contributed by atoms with Crippen LogP contribution in [0.25, 0.3) is 11.0 Å². The number of carbonyl (C=O) groups excluding carboxylic acids is 1. The molecule has 1 aliphatic carbocycles. The first-order valence-electron chi connectivity index (χ1n) is 7.04. The number of halogens is 1. The van der Waals surface area contributed by atoms with Crippen LogP contribution in [0.15, 0.2) is 27.1 Å². The Labute approximate surface area is 126 Å². The first-order chi connectivity index (χ1) is 9.54. The third-order valence-electron chi connectivity index (χ3n) is 4.13. The Morgan fingerprint density at radius 2 is 2.20 bits per heavy atom. The molecule has 1 amide bonds. The minimum atomic E-state index is -0.0890. The average Bonchev–Trinajstić information content (AvgIpc) is 2.94. The molecular formula is C16H18BrNO2. The number of nitrogens with one attached hydrogen (secondary N) is 1. The van der Waals surface area contributed by atoms with Gasteiger partial charge in [0.25, 0.3) is 5.91 Å². The molecule has 2 aromatic rings. The van der Waals surface area contributed by atoms with Crippen molar-refractivity contribution in [3.05, 3.63) is 34.0 Å². The Kier molecular flexibility index (Phi) is 3.59. The smallest absolute Gasteiger partial charge is 0.287 e. The summed E-state index contributed by atoms with van der Waals surface area (Å²) < 4.78 is 6.71. The number of benzene rings is 1. The van der Waals surface area contributed by atoms with Crippen molar-refractivity contribution in [2.24, 2.45) is 5.92 Å². The third-order valence-corrected chi connectivity index (χ3v) is 4.63. The maximum Gasteiger partial charge on any atom is 0.287 e. The SMILES string of the molecule is Cc1c(C(=O)NC2CCC(C)C2)oc2ccc(Br)cc12. The van der Waals surface area contributed by atoms with Crippen molar-refractivity contribution in [3.8, 4) is 0 Å². The quantitative estimate of drug-likeness (QED) is 0.882. The van der Waals surface area contributed by atoms with Crippen LogP contribution in [0, 0.1) is 12.8 Å². The normalized spacial score (nSPS) is 22.4. The Morgan fingerprint density at radius 3 is 2.90 bits per heavy atom. The van der Waals surface area contributed by atoms with Gasteiger partial charge in [-0.15, -0.1) is 0 Å². The second-order valence-electron chi connectivity index (χ2n) is 5.79. The fourth-order valence-corrected chi connectivity index (χ4v) is 3.36. The zero-order valence-electron chi connectivity index (χ0n) is 11.7. The van der Waals surface area contributed by atoms with Crippen LogP contribution in [0.4, 0.5) is 0 Å². The molecule has 4 heteroatoms. The standard InChI is InChI=1S/C16H18BrNO2/c1-9-3-5-12(7-9)18-16(19)15-10(2)13-8-11(17)4-6-14(13)20-15/h4,6,8-9,12H,3,5,7H2,1-2H3,(H,18,19). The van der Waals surface area contributed by atoms with Gasteiger partial charge in [-0.3, -0.25) is 4.79 Å². The number of carbonyl (C=O) groups is 1. The summed E-state index contributed by atoms with van der Waals surface area (Å²) in [4.78, 5) is 12.4. The molecule has 1 aromatic heterocycles. The molecule has 1 heterocycles. The second kappa shape index (κ2) is 5.24. The molecule has 0 bridgehead atoms. The van der Waals surface area contributed by atoms with Crippen molar-refractivity contribution in [2.45, 2.75) is 39.2 Å². The van der Waals surface area contributed by atoms with E-state index in [9.17, 15) is 4.79 Å². The number of fused-ring (bicyclic) bond motifs is 1. The van der Waals surface area contributed by atoms with Gasteiger partial charge in [-0.05, 0) is 50.3 Å². The minimum absolute atomic E-state index is 0.0890. The molecule has 3 nitrogen and oxygen atoms in total. The van der Waals surface area contributed by atoms with Crippen LogP contribution in [0.3, 0.4) is 0 Å². The maximum atomic E-state index is 12.4. The van der Waals surface area contributed by atoms with Crippen molar-refractivity contribution < 1.29 is 9.21 Å². The molecule has 0 radical (unpaired) electrons. The Bertz CT molecular complexity index is 662. The summed E-state index contributed by atoms with van der Waals surface area (Å²) in [5.41, 5.74) is 1.67. The lowest BCUT2D eigenvalue weighted by molar-refractivity contribution is 0.0910. The molecule has 1 aliphatic rings. The highest BCUT2D eigenvalue weighted by atomic mass is 79.9. The summed E-state index contributed by atoms with van der Waals surface area (Å²) in [6.45, 7) is 4.17. The summed E-state index contributed by atoms with van der Waals surface area (Å²) in [6, 6.07) is 6.09. The molecule has 0 aliphatic heterocycles. The Hall–Kier alpha value is -1.29. The highest BCUT2D eigenvalue weighted by Gasteiger charge is 2.25. The lowest BCUT2D eigenvalue weighted by Crippen LogP contribution is -2.33. The first kappa shape index (κ1) is 13.7. The highest BCUT2D eigenvalue weighted by Crippen LogP contribution is 2.29. The molecule has 106 valence electrons. The van der Waals surface area contributed by atoms with Crippen molar-refractivity contribution in [1.82, 2.24) is 5.32 Å². The van der Waals surface area contributed by atoms with Gasteiger partial charge in [0.1, 0.15) is 5.58 Å². The molecule has 1 aromatic carbocycles. The average molecular weight is 336 g/mol. The highest BCUT2D eigenvalue weighted by molar-refractivity contribution is 9.10. The molecule has 3 rings (SSSR count). The van der Waals surface area contributed by atoms with Crippen LogP contribution in [-0.4, -0.2) is 11.9 Å². The molecule has 0 saturated heterocycles. The van der Waals surface area contributed by atoms with Crippen molar-refractivity contribution in [3.63, 3.8) is 0 Å². The van der Waals surface area contributed by atoms with Crippen LogP contribution >= 0.6 is 15.9 Å². The monoisotopic (exact) mass is 335 g/mol. The van der Waals surface area contributed by atoms with Crippen LogP contribution in [0.2, 0.25) is 0 Å². The Morgan fingerprint density at radius 1 is 1.40 bits per heavy atom. The number of amides is 1. The van der Waals surface area contributed by atoms with E-state index in [1.165, 1.54) is 6.42 Å². The van der Waals surface area contributed by atoms with Crippen LogP contribution in [-0.2, 0) is 0 Å². The zero-order valence-corrected chi connectivity index (χ0v) is 13.3. The lowest BCUT2D eigenvalue weighted by atomic mass is 10.1. The van der Waals surface area contributed by atoms with Gasteiger partial charge >= 0.3 is 0 Å². The summed E-state index contributed by atoms with van der Waals surface area (Å²) in [5.74, 6) is 1.06. The predicted molar refractivity (Wildman–Crippen MR) is 82.9 cm³/mol. The lowest BCUT2D eigenvalue weighted by Gasteiger charge is -2.11. The molecule has 1 fully saturated rings. The number of hydrogen-bond donors (Lipinski definition) is 1. The number of hydrogen-bond acceptors (Lipinski definition) is 2. The van der Waals surface area contributed by atoms with Gasteiger partial charge in [0.05, 0.1) is 0 Å². The van der Waals surface area contributed by atoms with Crippen LogP contribution in [0.5, 0.6) is 0 Å². The molecule has 2 atom stereocenters.